The van der Waals surface area contributed by atoms with Crippen LogP contribution in [0.3, 0.4) is 0 Å². The number of carbonyl (C=O) groups is 1. The van der Waals surface area contributed by atoms with Gasteiger partial charge in [-0.2, -0.15) is 0 Å². The fraction of sp³-hybridized carbons (Fsp3) is 0.611. The summed E-state index contributed by atoms with van der Waals surface area (Å²) in [5.74, 6) is 0.620. The fourth-order valence-corrected chi connectivity index (χ4v) is 3.08. The van der Waals surface area contributed by atoms with Crippen molar-refractivity contribution in [2.24, 2.45) is 11.3 Å². The van der Waals surface area contributed by atoms with Gasteiger partial charge < -0.3 is 10.6 Å². The molecule has 1 aliphatic heterocycles. The van der Waals surface area contributed by atoms with E-state index < -0.39 is 0 Å². The molecule has 21 heavy (non-hydrogen) atoms. The van der Waals surface area contributed by atoms with Gasteiger partial charge in [0.1, 0.15) is 0 Å². The zero-order valence-electron chi connectivity index (χ0n) is 13.5. The lowest BCUT2D eigenvalue weighted by Crippen LogP contribution is -2.47. The van der Waals surface area contributed by atoms with Crippen molar-refractivity contribution in [3.63, 3.8) is 0 Å². The maximum absolute atomic E-state index is 12.5. The van der Waals surface area contributed by atoms with Gasteiger partial charge in [-0.3, -0.25) is 4.79 Å². The summed E-state index contributed by atoms with van der Waals surface area (Å²) in [5.41, 5.74) is 2.32. The third kappa shape index (κ3) is 4.07. The van der Waals surface area contributed by atoms with Crippen molar-refractivity contribution < 1.29 is 4.79 Å². The smallest absolute Gasteiger partial charge is 0.225 e. The van der Waals surface area contributed by atoms with Crippen LogP contribution in [0.4, 0.5) is 0 Å². The SMILES string of the molecule is Cc1ccccc1CCNC(=O)C(C)(C)C1CCCNC1. The van der Waals surface area contributed by atoms with E-state index in [-0.39, 0.29) is 11.3 Å². The van der Waals surface area contributed by atoms with Gasteiger partial charge in [-0.15, -0.1) is 0 Å². The predicted molar refractivity (Wildman–Crippen MR) is 87.3 cm³/mol. The van der Waals surface area contributed by atoms with Crippen LogP contribution < -0.4 is 10.6 Å². The summed E-state index contributed by atoms with van der Waals surface area (Å²) in [4.78, 5) is 12.5. The van der Waals surface area contributed by atoms with Crippen molar-refractivity contribution in [1.82, 2.24) is 10.6 Å². The van der Waals surface area contributed by atoms with Crippen molar-refractivity contribution >= 4 is 5.91 Å². The molecule has 0 aliphatic carbocycles. The van der Waals surface area contributed by atoms with Crippen molar-refractivity contribution in [2.75, 3.05) is 19.6 Å². The lowest BCUT2D eigenvalue weighted by atomic mass is 9.74. The predicted octanol–water partition coefficient (Wildman–Crippen LogP) is 2.68. The van der Waals surface area contributed by atoms with Gasteiger partial charge in [0, 0.05) is 12.0 Å². The molecular weight excluding hydrogens is 260 g/mol. The first-order valence-electron chi connectivity index (χ1n) is 8.05. The van der Waals surface area contributed by atoms with Crippen LogP contribution in [0.2, 0.25) is 0 Å². The second-order valence-corrected chi connectivity index (χ2v) is 6.70. The molecule has 0 aromatic heterocycles. The normalized spacial score (nSPS) is 19.3. The van der Waals surface area contributed by atoms with Crippen molar-refractivity contribution in [1.29, 1.82) is 0 Å². The highest BCUT2D eigenvalue weighted by Crippen LogP contribution is 2.31. The average Bonchev–Trinajstić information content (AvgIpc) is 2.50. The van der Waals surface area contributed by atoms with Crippen LogP contribution >= 0.6 is 0 Å². The van der Waals surface area contributed by atoms with Crippen LogP contribution in [0, 0.1) is 18.3 Å². The molecule has 2 N–H and O–H groups in total. The van der Waals surface area contributed by atoms with Crippen molar-refractivity contribution in [2.45, 2.75) is 40.0 Å². The highest BCUT2D eigenvalue weighted by Gasteiger charge is 2.36. The number of benzene rings is 1. The number of amides is 1. The number of piperidine rings is 1. The Labute approximate surface area is 128 Å². The molecule has 0 bridgehead atoms. The van der Waals surface area contributed by atoms with Crippen LogP contribution in [0.25, 0.3) is 0 Å². The molecule has 3 nitrogen and oxygen atoms in total. The van der Waals surface area contributed by atoms with E-state index in [1.807, 2.05) is 0 Å². The van der Waals surface area contributed by atoms with E-state index in [0.29, 0.717) is 12.5 Å². The maximum Gasteiger partial charge on any atom is 0.225 e. The Bertz CT molecular complexity index is 476. The quantitative estimate of drug-likeness (QED) is 0.874. The number of aryl methyl sites for hydroxylation is 1. The third-order valence-electron chi connectivity index (χ3n) is 4.84. The molecule has 1 saturated heterocycles. The fourth-order valence-electron chi connectivity index (χ4n) is 3.08. The van der Waals surface area contributed by atoms with Gasteiger partial charge in [-0.1, -0.05) is 38.1 Å². The minimum Gasteiger partial charge on any atom is -0.355 e. The highest BCUT2D eigenvalue weighted by atomic mass is 16.2. The first kappa shape index (κ1) is 16.0. The molecule has 1 amide bonds. The molecule has 2 rings (SSSR count). The number of hydrogen-bond acceptors (Lipinski definition) is 2. The van der Waals surface area contributed by atoms with E-state index in [2.05, 4.69) is 55.7 Å². The molecule has 1 unspecified atom stereocenters. The molecule has 116 valence electrons. The zero-order valence-corrected chi connectivity index (χ0v) is 13.5. The Morgan fingerprint density at radius 1 is 1.38 bits per heavy atom. The van der Waals surface area contributed by atoms with Crippen LogP contribution in [0.1, 0.15) is 37.8 Å². The van der Waals surface area contributed by atoms with Gasteiger partial charge in [-0.25, -0.2) is 0 Å². The monoisotopic (exact) mass is 288 g/mol. The molecule has 1 aromatic rings. The van der Waals surface area contributed by atoms with Gasteiger partial charge in [0.05, 0.1) is 0 Å². The Morgan fingerprint density at radius 3 is 2.81 bits per heavy atom. The third-order valence-corrected chi connectivity index (χ3v) is 4.84. The summed E-state index contributed by atoms with van der Waals surface area (Å²) >= 11 is 0. The molecule has 3 heteroatoms. The Hall–Kier alpha value is -1.35. The topological polar surface area (TPSA) is 41.1 Å². The standard InChI is InChI=1S/C18H28N2O/c1-14-7-4-5-8-15(14)10-12-20-17(21)18(2,3)16-9-6-11-19-13-16/h4-5,7-8,16,19H,6,9-13H2,1-3H3,(H,20,21). The number of rotatable bonds is 5. The van der Waals surface area contributed by atoms with Crippen molar-refractivity contribution in [3.8, 4) is 0 Å². The molecule has 1 aliphatic rings. The van der Waals surface area contributed by atoms with Crippen LogP contribution in [0.5, 0.6) is 0 Å². The van der Waals surface area contributed by atoms with E-state index in [1.165, 1.54) is 17.5 Å². The summed E-state index contributed by atoms with van der Waals surface area (Å²) in [6.07, 6.45) is 3.22. The average molecular weight is 288 g/mol. The van der Waals surface area contributed by atoms with Gasteiger partial charge in [0.25, 0.3) is 0 Å². The van der Waals surface area contributed by atoms with E-state index in [9.17, 15) is 4.79 Å². The van der Waals surface area contributed by atoms with Gasteiger partial charge in [0.2, 0.25) is 5.91 Å². The summed E-state index contributed by atoms with van der Waals surface area (Å²) in [5, 5.41) is 6.53. The number of nitrogens with one attached hydrogen (secondary N) is 2. The van der Waals surface area contributed by atoms with Gasteiger partial charge >= 0.3 is 0 Å². The first-order valence-corrected chi connectivity index (χ1v) is 8.05. The lowest BCUT2D eigenvalue weighted by Gasteiger charge is -2.36. The summed E-state index contributed by atoms with van der Waals surface area (Å²) in [6.45, 7) is 9.03. The highest BCUT2D eigenvalue weighted by molar-refractivity contribution is 5.82. The van der Waals surface area contributed by atoms with E-state index in [4.69, 9.17) is 0 Å². The molecule has 0 spiro atoms. The van der Waals surface area contributed by atoms with Crippen LogP contribution in [-0.4, -0.2) is 25.5 Å². The Balaban J connectivity index is 1.84. The summed E-state index contributed by atoms with van der Waals surface area (Å²) < 4.78 is 0. The Kier molecular flexibility index (Phi) is 5.40. The molecule has 1 atom stereocenters. The molecule has 1 aromatic carbocycles. The number of carbonyl (C=O) groups excluding carboxylic acids is 1. The molecule has 1 heterocycles. The molecule has 0 saturated carbocycles. The van der Waals surface area contributed by atoms with Gasteiger partial charge in [0.15, 0.2) is 0 Å². The van der Waals surface area contributed by atoms with Crippen LogP contribution in [0.15, 0.2) is 24.3 Å². The van der Waals surface area contributed by atoms with E-state index in [0.717, 1.165) is 25.9 Å². The largest absolute Gasteiger partial charge is 0.355 e. The maximum atomic E-state index is 12.5. The molecular formula is C18H28N2O. The minimum absolute atomic E-state index is 0.185. The minimum atomic E-state index is -0.293. The van der Waals surface area contributed by atoms with Crippen LogP contribution in [-0.2, 0) is 11.2 Å². The van der Waals surface area contributed by atoms with Gasteiger partial charge in [-0.05, 0) is 56.3 Å². The Morgan fingerprint density at radius 2 is 2.14 bits per heavy atom. The lowest BCUT2D eigenvalue weighted by molar-refractivity contribution is -0.132. The summed E-state index contributed by atoms with van der Waals surface area (Å²) in [6, 6.07) is 8.37. The number of hydrogen-bond donors (Lipinski definition) is 2. The molecule has 1 fully saturated rings. The van der Waals surface area contributed by atoms with E-state index in [1.54, 1.807) is 0 Å². The second-order valence-electron chi connectivity index (χ2n) is 6.70. The zero-order chi connectivity index (χ0) is 15.3. The van der Waals surface area contributed by atoms with Crippen molar-refractivity contribution in [3.05, 3.63) is 35.4 Å². The molecule has 0 radical (unpaired) electrons. The van der Waals surface area contributed by atoms with E-state index >= 15 is 0 Å². The summed E-state index contributed by atoms with van der Waals surface area (Å²) in [7, 11) is 0. The first-order chi connectivity index (χ1) is 10.0. The second kappa shape index (κ2) is 7.08.